The molecule has 14 heavy (non-hydrogen) atoms. The van der Waals surface area contributed by atoms with Crippen LogP contribution in [0.4, 0.5) is 0 Å². The van der Waals surface area contributed by atoms with Crippen LogP contribution in [0.1, 0.15) is 26.7 Å². The second kappa shape index (κ2) is 4.25. The zero-order chi connectivity index (χ0) is 10.8. The third kappa shape index (κ3) is 3.25. The molecule has 1 heterocycles. The number of carboxylic acid groups (broad SMARTS) is 1. The predicted molar refractivity (Wildman–Crippen MR) is 47.8 cm³/mol. The fourth-order valence-corrected chi connectivity index (χ4v) is 1.65. The number of carboxylic acids is 1. The highest BCUT2D eigenvalue weighted by Crippen LogP contribution is 2.27. The van der Waals surface area contributed by atoms with E-state index in [1.807, 2.05) is 0 Å². The van der Waals surface area contributed by atoms with Gasteiger partial charge in [0, 0.05) is 6.42 Å². The van der Waals surface area contributed by atoms with E-state index in [-0.39, 0.29) is 25.2 Å². The molecule has 0 unspecified atom stereocenters. The van der Waals surface area contributed by atoms with E-state index in [0.717, 1.165) is 0 Å². The van der Waals surface area contributed by atoms with Crippen LogP contribution in [-0.4, -0.2) is 40.8 Å². The Bertz CT molecular complexity index is 213. The summed E-state index contributed by atoms with van der Waals surface area (Å²) >= 11 is 0. The first-order chi connectivity index (χ1) is 6.43. The summed E-state index contributed by atoms with van der Waals surface area (Å²) in [6.45, 7) is 3.32. The maximum absolute atomic E-state index is 10.5. The molecule has 0 aromatic rings. The number of carbonyl (C=O) groups is 1. The van der Waals surface area contributed by atoms with Crippen LogP contribution in [-0.2, 0) is 14.3 Å². The minimum absolute atomic E-state index is 0.0523. The Balaban J connectivity index is 2.56. The smallest absolute Gasteiger partial charge is 0.305 e. The molecule has 1 fully saturated rings. The first-order valence-electron chi connectivity index (χ1n) is 4.61. The van der Waals surface area contributed by atoms with Gasteiger partial charge in [0.25, 0.3) is 0 Å². The largest absolute Gasteiger partial charge is 0.481 e. The highest BCUT2D eigenvalue weighted by atomic mass is 16.7. The van der Waals surface area contributed by atoms with E-state index in [1.54, 1.807) is 13.8 Å². The molecular weight excluding hydrogens is 188 g/mol. The molecule has 1 aliphatic rings. The van der Waals surface area contributed by atoms with Crippen LogP contribution in [0.5, 0.6) is 0 Å². The topological polar surface area (TPSA) is 76.0 Å². The van der Waals surface area contributed by atoms with Gasteiger partial charge < -0.3 is 19.7 Å². The van der Waals surface area contributed by atoms with Crippen LogP contribution in [0.3, 0.4) is 0 Å². The zero-order valence-electron chi connectivity index (χ0n) is 8.40. The summed E-state index contributed by atoms with van der Waals surface area (Å²) in [6, 6.07) is 0. The molecule has 0 aromatic carbocycles. The Morgan fingerprint density at radius 1 is 1.43 bits per heavy atom. The Hall–Kier alpha value is -0.650. The summed E-state index contributed by atoms with van der Waals surface area (Å²) in [5.74, 6) is -1.71. The number of hydrogen-bond acceptors (Lipinski definition) is 4. The van der Waals surface area contributed by atoms with Gasteiger partial charge in [-0.05, 0) is 13.8 Å². The molecule has 0 amide bonds. The van der Waals surface area contributed by atoms with Gasteiger partial charge in [-0.1, -0.05) is 0 Å². The minimum atomic E-state index is -0.899. The second-order valence-electron chi connectivity index (χ2n) is 3.90. The van der Waals surface area contributed by atoms with Crippen molar-refractivity contribution in [3.63, 3.8) is 0 Å². The lowest BCUT2D eigenvalue weighted by molar-refractivity contribution is -0.303. The van der Waals surface area contributed by atoms with Crippen LogP contribution in [0.2, 0.25) is 0 Å². The van der Waals surface area contributed by atoms with E-state index in [1.165, 1.54) is 0 Å². The van der Waals surface area contributed by atoms with Crippen LogP contribution in [0, 0.1) is 0 Å². The Labute approximate surface area is 82.6 Å². The maximum Gasteiger partial charge on any atom is 0.305 e. The highest BCUT2D eigenvalue weighted by Gasteiger charge is 2.35. The van der Waals surface area contributed by atoms with Gasteiger partial charge in [-0.3, -0.25) is 4.79 Å². The first kappa shape index (κ1) is 11.4. The average molecular weight is 204 g/mol. The lowest BCUT2D eigenvalue weighted by Gasteiger charge is -2.39. The van der Waals surface area contributed by atoms with E-state index < -0.39 is 11.8 Å². The Morgan fingerprint density at radius 3 is 2.50 bits per heavy atom. The molecule has 1 saturated heterocycles. The van der Waals surface area contributed by atoms with Crippen molar-refractivity contribution in [3.8, 4) is 0 Å². The molecular formula is C9H16O5. The zero-order valence-corrected chi connectivity index (χ0v) is 8.40. The summed E-state index contributed by atoms with van der Waals surface area (Å²) in [5.41, 5.74) is 0. The summed E-state index contributed by atoms with van der Waals surface area (Å²) in [4.78, 5) is 10.5. The van der Waals surface area contributed by atoms with E-state index in [4.69, 9.17) is 19.7 Å². The van der Waals surface area contributed by atoms with Crippen LogP contribution >= 0.6 is 0 Å². The fraction of sp³-hybridized carbons (Fsp3) is 0.889. The fourth-order valence-electron chi connectivity index (χ4n) is 1.65. The maximum atomic E-state index is 10.5. The number of rotatable bonds is 3. The van der Waals surface area contributed by atoms with Crippen LogP contribution in [0.15, 0.2) is 0 Å². The number of ether oxygens (including phenoxy) is 2. The molecule has 0 radical (unpaired) electrons. The van der Waals surface area contributed by atoms with Gasteiger partial charge in [0.1, 0.15) is 0 Å². The van der Waals surface area contributed by atoms with Crippen molar-refractivity contribution in [1.82, 2.24) is 0 Å². The van der Waals surface area contributed by atoms with Crippen molar-refractivity contribution in [3.05, 3.63) is 0 Å². The highest BCUT2D eigenvalue weighted by molar-refractivity contribution is 5.67. The van der Waals surface area contributed by atoms with E-state index in [2.05, 4.69) is 0 Å². The van der Waals surface area contributed by atoms with Gasteiger partial charge in [0.05, 0.1) is 25.2 Å². The van der Waals surface area contributed by atoms with Crippen LogP contribution in [0.25, 0.3) is 0 Å². The molecule has 1 rings (SSSR count). The molecule has 0 saturated carbocycles. The molecule has 5 heteroatoms. The van der Waals surface area contributed by atoms with Gasteiger partial charge in [-0.15, -0.1) is 0 Å². The third-order valence-corrected chi connectivity index (χ3v) is 2.03. The molecule has 1 aliphatic heterocycles. The Kier molecular flexibility index (Phi) is 3.47. The minimum Gasteiger partial charge on any atom is -0.481 e. The molecule has 0 spiro atoms. The van der Waals surface area contributed by atoms with Gasteiger partial charge in [0.2, 0.25) is 0 Å². The first-order valence-corrected chi connectivity index (χ1v) is 4.61. The Morgan fingerprint density at radius 2 is 2.00 bits per heavy atom. The molecule has 0 bridgehead atoms. The lowest BCUT2D eigenvalue weighted by Crippen LogP contribution is -2.46. The molecule has 0 aromatic heterocycles. The summed E-state index contributed by atoms with van der Waals surface area (Å²) in [6.07, 6.45) is -0.341. The monoisotopic (exact) mass is 204 g/mol. The molecule has 2 atom stereocenters. The lowest BCUT2D eigenvalue weighted by atomic mass is 10.1. The normalized spacial score (nSPS) is 31.4. The third-order valence-electron chi connectivity index (χ3n) is 2.03. The summed E-state index contributed by atoms with van der Waals surface area (Å²) in [7, 11) is 0. The molecule has 0 aliphatic carbocycles. The second-order valence-corrected chi connectivity index (χ2v) is 3.90. The SMILES string of the molecule is CC1(C)O[C@H](CC(=O)O)C[C@H](CO)O1. The summed E-state index contributed by atoms with van der Waals surface area (Å²) < 4.78 is 10.8. The van der Waals surface area contributed by atoms with E-state index in [9.17, 15) is 4.79 Å². The number of aliphatic hydroxyl groups excluding tert-OH is 1. The van der Waals surface area contributed by atoms with Crippen molar-refractivity contribution in [1.29, 1.82) is 0 Å². The molecule has 82 valence electrons. The van der Waals surface area contributed by atoms with Gasteiger partial charge in [-0.2, -0.15) is 0 Å². The molecule has 5 nitrogen and oxygen atoms in total. The quantitative estimate of drug-likeness (QED) is 0.694. The van der Waals surface area contributed by atoms with Gasteiger partial charge in [-0.25, -0.2) is 0 Å². The average Bonchev–Trinajstić information content (AvgIpc) is 1.99. The van der Waals surface area contributed by atoms with Gasteiger partial charge >= 0.3 is 5.97 Å². The number of aliphatic carboxylic acids is 1. The van der Waals surface area contributed by atoms with Crippen LogP contribution < -0.4 is 0 Å². The van der Waals surface area contributed by atoms with Crippen molar-refractivity contribution >= 4 is 5.97 Å². The standard InChI is InChI=1S/C9H16O5/c1-9(2)13-6(4-8(11)12)3-7(5-10)14-9/h6-7,10H,3-5H2,1-2H3,(H,11,12)/t6-,7+/m0/s1. The van der Waals surface area contributed by atoms with Gasteiger partial charge in [0.15, 0.2) is 5.79 Å². The van der Waals surface area contributed by atoms with Crippen molar-refractivity contribution in [2.24, 2.45) is 0 Å². The predicted octanol–water partition coefficient (Wildman–Crippen LogP) is 0.364. The molecule has 2 N–H and O–H groups in total. The number of aliphatic hydroxyl groups is 1. The van der Waals surface area contributed by atoms with E-state index >= 15 is 0 Å². The summed E-state index contributed by atoms with van der Waals surface area (Å²) in [5, 5.41) is 17.6. The van der Waals surface area contributed by atoms with Crippen molar-refractivity contribution in [2.45, 2.75) is 44.7 Å². The van der Waals surface area contributed by atoms with Crippen molar-refractivity contribution < 1.29 is 24.5 Å². The van der Waals surface area contributed by atoms with Crippen molar-refractivity contribution in [2.75, 3.05) is 6.61 Å². The number of hydrogen-bond donors (Lipinski definition) is 2. The van der Waals surface area contributed by atoms with E-state index in [0.29, 0.717) is 6.42 Å².